The van der Waals surface area contributed by atoms with Crippen LogP contribution in [0.1, 0.15) is 23.7 Å². The van der Waals surface area contributed by atoms with Crippen molar-refractivity contribution in [2.24, 2.45) is 5.73 Å². The topological polar surface area (TPSA) is 39.2 Å². The van der Waals surface area contributed by atoms with E-state index in [4.69, 9.17) is 10.2 Å². The molecule has 0 bridgehead atoms. The highest BCUT2D eigenvalue weighted by atomic mass is 19.4. The number of furan rings is 1. The third kappa shape index (κ3) is 2.38. The number of benzene rings is 1. The molecule has 0 saturated heterocycles. The first-order valence-corrected chi connectivity index (χ1v) is 5.98. The van der Waals surface area contributed by atoms with Crippen LogP contribution >= 0.6 is 0 Å². The summed E-state index contributed by atoms with van der Waals surface area (Å²) in [5.41, 5.74) is 5.70. The molecule has 2 nitrogen and oxygen atoms in total. The van der Waals surface area contributed by atoms with Gasteiger partial charge in [0.25, 0.3) is 0 Å². The Morgan fingerprint density at radius 1 is 1.05 bits per heavy atom. The van der Waals surface area contributed by atoms with E-state index in [1.54, 1.807) is 6.07 Å². The molecule has 3 rings (SSSR count). The molecule has 1 heterocycles. The SMILES string of the molecule is N[C@@H]1C[C@@H]1c1ccc(-c2ccc(C(F)(F)F)cc2)o1. The molecular weight excluding hydrogens is 255 g/mol. The van der Waals surface area contributed by atoms with Crippen LogP contribution in [0, 0.1) is 0 Å². The van der Waals surface area contributed by atoms with Crippen molar-refractivity contribution in [1.82, 2.24) is 0 Å². The minimum absolute atomic E-state index is 0.145. The van der Waals surface area contributed by atoms with Crippen LogP contribution in [-0.2, 0) is 6.18 Å². The minimum atomic E-state index is -4.31. The first-order valence-electron chi connectivity index (χ1n) is 5.98. The molecule has 1 aliphatic carbocycles. The van der Waals surface area contributed by atoms with Crippen molar-refractivity contribution in [1.29, 1.82) is 0 Å². The van der Waals surface area contributed by atoms with Crippen LogP contribution in [0.3, 0.4) is 0 Å². The summed E-state index contributed by atoms with van der Waals surface area (Å²) in [6, 6.07) is 8.69. The summed E-state index contributed by atoms with van der Waals surface area (Å²) in [6.07, 6.45) is -3.41. The number of halogens is 3. The number of alkyl halides is 3. The van der Waals surface area contributed by atoms with Crippen molar-refractivity contribution in [3.63, 3.8) is 0 Å². The molecule has 2 atom stereocenters. The Labute approximate surface area is 108 Å². The van der Waals surface area contributed by atoms with Crippen LogP contribution in [0.5, 0.6) is 0 Å². The van der Waals surface area contributed by atoms with E-state index < -0.39 is 11.7 Å². The average Bonchev–Trinajstić information content (AvgIpc) is 2.91. The van der Waals surface area contributed by atoms with E-state index in [0.717, 1.165) is 24.3 Å². The molecule has 1 saturated carbocycles. The second-order valence-corrected chi connectivity index (χ2v) is 4.78. The van der Waals surface area contributed by atoms with Crippen molar-refractivity contribution in [2.45, 2.75) is 24.6 Å². The lowest BCUT2D eigenvalue weighted by Crippen LogP contribution is -2.03. The first kappa shape index (κ1) is 12.3. The molecule has 2 aromatic rings. The minimum Gasteiger partial charge on any atom is -0.461 e. The van der Waals surface area contributed by atoms with Gasteiger partial charge in [-0.15, -0.1) is 0 Å². The van der Waals surface area contributed by atoms with E-state index in [1.165, 1.54) is 12.1 Å². The monoisotopic (exact) mass is 267 g/mol. The van der Waals surface area contributed by atoms with E-state index in [0.29, 0.717) is 11.3 Å². The summed E-state index contributed by atoms with van der Waals surface area (Å²) < 4.78 is 43.0. The second-order valence-electron chi connectivity index (χ2n) is 4.78. The van der Waals surface area contributed by atoms with Crippen LogP contribution in [-0.4, -0.2) is 6.04 Å². The van der Waals surface area contributed by atoms with Crippen molar-refractivity contribution >= 4 is 0 Å². The van der Waals surface area contributed by atoms with Gasteiger partial charge < -0.3 is 10.2 Å². The third-order valence-electron chi connectivity index (χ3n) is 3.33. The Kier molecular flexibility index (Phi) is 2.67. The number of nitrogens with two attached hydrogens (primary N) is 1. The van der Waals surface area contributed by atoms with Gasteiger partial charge in [-0.3, -0.25) is 0 Å². The predicted molar refractivity (Wildman–Crippen MR) is 64.5 cm³/mol. The zero-order valence-corrected chi connectivity index (χ0v) is 9.95. The number of hydrogen-bond acceptors (Lipinski definition) is 2. The maximum absolute atomic E-state index is 12.4. The van der Waals surface area contributed by atoms with Crippen molar-refractivity contribution in [3.8, 4) is 11.3 Å². The summed E-state index contributed by atoms with van der Waals surface area (Å²) in [5, 5.41) is 0. The van der Waals surface area contributed by atoms with Gasteiger partial charge in [-0.25, -0.2) is 0 Å². The average molecular weight is 267 g/mol. The zero-order valence-electron chi connectivity index (χ0n) is 9.95. The summed E-state index contributed by atoms with van der Waals surface area (Å²) in [7, 11) is 0. The third-order valence-corrected chi connectivity index (χ3v) is 3.33. The normalized spacial score (nSPS) is 22.5. The largest absolute Gasteiger partial charge is 0.461 e. The maximum Gasteiger partial charge on any atom is 0.416 e. The summed E-state index contributed by atoms with van der Waals surface area (Å²) in [5.74, 6) is 1.63. The highest BCUT2D eigenvalue weighted by Crippen LogP contribution is 2.41. The summed E-state index contributed by atoms with van der Waals surface area (Å²) >= 11 is 0. The van der Waals surface area contributed by atoms with E-state index in [2.05, 4.69) is 0 Å². The molecule has 1 aromatic heterocycles. The van der Waals surface area contributed by atoms with Gasteiger partial charge in [0.1, 0.15) is 11.5 Å². The molecule has 100 valence electrons. The summed E-state index contributed by atoms with van der Waals surface area (Å²) in [4.78, 5) is 0. The quantitative estimate of drug-likeness (QED) is 0.899. The van der Waals surface area contributed by atoms with Crippen LogP contribution in [0.2, 0.25) is 0 Å². The Morgan fingerprint density at radius 3 is 2.21 bits per heavy atom. The fourth-order valence-corrected chi connectivity index (χ4v) is 2.07. The molecule has 1 aliphatic rings. The van der Waals surface area contributed by atoms with Crippen molar-refractivity contribution in [3.05, 3.63) is 47.7 Å². The lowest BCUT2D eigenvalue weighted by molar-refractivity contribution is -0.137. The van der Waals surface area contributed by atoms with Crippen LogP contribution in [0.15, 0.2) is 40.8 Å². The molecule has 1 fully saturated rings. The lowest BCUT2D eigenvalue weighted by atomic mass is 10.1. The Hall–Kier alpha value is -1.75. The Morgan fingerprint density at radius 2 is 1.68 bits per heavy atom. The standard InChI is InChI=1S/C14H12F3NO/c15-14(16,17)9-3-1-8(2-4-9)12-5-6-13(19-12)10-7-11(10)18/h1-6,10-11H,7,18H2/t10-,11+/m0/s1. The second kappa shape index (κ2) is 4.13. The van der Waals surface area contributed by atoms with Gasteiger partial charge in [-0.05, 0) is 30.7 Å². The smallest absolute Gasteiger partial charge is 0.416 e. The molecule has 1 aromatic carbocycles. The fraction of sp³-hybridized carbons (Fsp3) is 0.286. The molecule has 5 heteroatoms. The maximum atomic E-state index is 12.4. The molecule has 0 radical (unpaired) electrons. The van der Waals surface area contributed by atoms with Crippen molar-refractivity contribution in [2.75, 3.05) is 0 Å². The van der Waals surface area contributed by atoms with E-state index in [-0.39, 0.29) is 12.0 Å². The van der Waals surface area contributed by atoms with E-state index in [9.17, 15) is 13.2 Å². The predicted octanol–water partition coefficient (Wildman–Crippen LogP) is 3.78. The van der Waals surface area contributed by atoms with Gasteiger partial charge in [0.15, 0.2) is 0 Å². The van der Waals surface area contributed by atoms with Crippen molar-refractivity contribution < 1.29 is 17.6 Å². The van der Waals surface area contributed by atoms with Gasteiger partial charge in [0.05, 0.1) is 5.56 Å². The highest BCUT2D eigenvalue weighted by molar-refractivity contribution is 5.58. The number of hydrogen-bond donors (Lipinski definition) is 1. The van der Waals surface area contributed by atoms with Crippen LogP contribution < -0.4 is 5.73 Å². The van der Waals surface area contributed by atoms with E-state index >= 15 is 0 Å². The Bertz CT molecular complexity index is 585. The highest BCUT2D eigenvalue weighted by Gasteiger charge is 2.37. The molecule has 19 heavy (non-hydrogen) atoms. The van der Waals surface area contributed by atoms with Gasteiger partial charge in [0, 0.05) is 17.5 Å². The fourth-order valence-electron chi connectivity index (χ4n) is 2.07. The molecule has 2 N–H and O–H groups in total. The van der Waals surface area contributed by atoms with Gasteiger partial charge >= 0.3 is 6.18 Å². The van der Waals surface area contributed by atoms with Crippen LogP contribution in [0.25, 0.3) is 11.3 Å². The molecule has 0 spiro atoms. The Balaban J connectivity index is 1.84. The zero-order chi connectivity index (χ0) is 13.6. The van der Waals surface area contributed by atoms with Gasteiger partial charge in [-0.2, -0.15) is 13.2 Å². The van der Waals surface area contributed by atoms with Gasteiger partial charge in [0.2, 0.25) is 0 Å². The molecule has 0 unspecified atom stereocenters. The summed E-state index contributed by atoms with van der Waals surface area (Å²) in [6.45, 7) is 0. The molecular formula is C14H12F3NO. The number of rotatable bonds is 2. The van der Waals surface area contributed by atoms with Crippen LogP contribution in [0.4, 0.5) is 13.2 Å². The molecule has 0 aliphatic heterocycles. The lowest BCUT2D eigenvalue weighted by Gasteiger charge is -2.06. The first-order chi connectivity index (χ1) is 8.95. The van der Waals surface area contributed by atoms with Gasteiger partial charge in [-0.1, -0.05) is 12.1 Å². The van der Waals surface area contributed by atoms with E-state index in [1.807, 2.05) is 6.07 Å². The molecule has 0 amide bonds.